The number of benzene rings is 1. The van der Waals surface area contributed by atoms with Crippen molar-refractivity contribution in [3.63, 3.8) is 0 Å². The third-order valence-electron chi connectivity index (χ3n) is 3.20. The highest BCUT2D eigenvalue weighted by atomic mass is 16.5. The second-order valence-corrected chi connectivity index (χ2v) is 5.34. The Bertz CT molecular complexity index is 523. The Kier molecular flexibility index (Phi) is 5.84. The summed E-state index contributed by atoms with van der Waals surface area (Å²) in [5.41, 5.74) is 0.911. The zero-order valence-electron chi connectivity index (χ0n) is 12.7. The molecule has 0 atom stereocenters. The van der Waals surface area contributed by atoms with Gasteiger partial charge in [-0.2, -0.15) is 0 Å². The Balaban J connectivity index is 1.98. The first-order chi connectivity index (χ1) is 10.1. The fourth-order valence-electron chi connectivity index (χ4n) is 2.14. The first-order valence-corrected chi connectivity index (χ1v) is 7.28. The van der Waals surface area contributed by atoms with Gasteiger partial charge in [0.1, 0.15) is 11.5 Å². The molecule has 4 nitrogen and oxygen atoms in total. The smallest absolute Gasteiger partial charge is 0.120 e. The molecule has 0 saturated carbocycles. The van der Waals surface area contributed by atoms with E-state index in [9.17, 15) is 5.11 Å². The highest BCUT2D eigenvalue weighted by Gasteiger charge is 2.11. The summed E-state index contributed by atoms with van der Waals surface area (Å²) in [6.07, 6.45) is 1.90. The molecule has 114 valence electrons. The average Bonchev–Trinajstić information content (AvgIpc) is 2.93. The van der Waals surface area contributed by atoms with Gasteiger partial charge in [-0.3, -0.25) is 4.90 Å². The van der Waals surface area contributed by atoms with Crippen molar-refractivity contribution in [1.29, 1.82) is 0 Å². The predicted octanol–water partition coefficient (Wildman–Crippen LogP) is 3.41. The molecule has 0 amide bonds. The molecule has 0 aliphatic rings. The van der Waals surface area contributed by atoms with E-state index >= 15 is 0 Å². The lowest BCUT2D eigenvalue weighted by Gasteiger charge is -2.22. The van der Waals surface area contributed by atoms with E-state index in [0.29, 0.717) is 25.4 Å². The van der Waals surface area contributed by atoms with Gasteiger partial charge in [-0.05, 0) is 32.0 Å². The van der Waals surface area contributed by atoms with Gasteiger partial charge < -0.3 is 14.3 Å². The molecule has 0 saturated heterocycles. The number of phenols is 1. The Morgan fingerprint density at radius 2 is 1.95 bits per heavy atom. The monoisotopic (exact) mass is 289 g/mol. The summed E-state index contributed by atoms with van der Waals surface area (Å²) in [7, 11) is 0. The standard InChI is InChI=1S/C17H23NO3/c1-14(2)20-11-9-18(13-16-7-5-10-21-16)12-15-6-3-4-8-17(15)19/h3-8,10,14,19H,9,11-13H2,1-2H3. The molecule has 0 aliphatic carbocycles. The van der Waals surface area contributed by atoms with Crippen LogP contribution in [0.1, 0.15) is 25.2 Å². The van der Waals surface area contributed by atoms with Crippen molar-refractivity contribution < 1.29 is 14.3 Å². The van der Waals surface area contributed by atoms with E-state index in [1.54, 1.807) is 12.3 Å². The van der Waals surface area contributed by atoms with Crippen LogP contribution >= 0.6 is 0 Å². The molecule has 1 heterocycles. The van der Waals surface area contributed by atoms with Crippen LogP contribution < -0.4 is 0 Å². The van der Waals surface area contributed by atoms with Crippen molar-refractivity contribution in [2.45, 2.75) is 33.0 Å². The largest absolute Gasteiger partial charge is 0.508 e. The molecule has 1 aromatic heterocycles. The van der Waals surface area contributed by atoms with Crippen LogP contribution in [0, 0.1) is 0 Å². The first-order valence-electron chi connectivity index (χ1n) is 7.28. The second-order valence-electron chi connectivity index (χ2n) is 5.34. The molecule has 0 unspecified atom stereocenters. The maximum atomic E-state index is 9.92. The van der Waals surface area contributed by atoms with Crippen LogP contribution in [0.25, 0.3) is 0 Å². The van der Waals surface area contributed by atoms with Gasteiger partial charge in [-0.15, -0.1) is 0 Å². The molecule has 21 heavy (non-hydrogen) atoms. The third-order valence-corrected chi connectivity index (χ3v) is 3.20. The average molecular weight is 289 g/mol. The molecule has 2 aromatic rings. The van der Waals surface area contributed by atoms with Gasteiger partial charge in [-0.25, -0.2) is 0 Å². The van der Waals surface area contributed by atoms with Crippen LogP contribution in [0.4, 0.5) is 0 Å². The van der Waals surface area contributed by atoms with Gasteiger partial charge >= 0.3 is 0 Å². The van der Waals surface area contributed by atoms with Crippen LogP contribution in [0.3, 0.4) is 0 Å². The maximum Gasteiger partial charge on any atom is 0.120 e. The van der Waals surface area contributed by atoms with Crippen molar-refractivity contribution in [1.82, 2.24) is 4.90 Å². The number of aromatic hydroxyl groups is 1. The SMILES string of the molecule is CC(C)OCCN(Cc1ccco1)Cc1ccccc1O. The number of hydrogen-bond donors (Lipinski definition) is 1. The number of para-hydroxylation sites is 1. The molecule has 1 N–H and O–H groups in total. The minimum Gasteiger partial charge on any atom is -0.508 e. The van der Waals surface area contributed by atoms with E-state index in [1.807, 2.05) is 44.2 Å². The Hall–Kier alpha value is -1.78. The fraction of sp³-hybridized carbons (Fsp3) is 0.412. The lowest BCUT2D eigenvalue weighted by atomic mass is 10.2. The normalized spacial score (nSPS) is 11.4. The molecule has 1 aromatic carbocycles. The molecular formula is C17H23NO3. The number of hydrogen-bond acceptors (Lipinski definition) is 4. The third kappa shape index (κ3) is 5.25. The summed E-state index contributed by atoms with van der Waals surface area (Å²) >= 11 is 0. The minimum absolute atomic E-state index is 0.223. The Labute approximate surface area is 126 Å². The van der Waals surface area contributed by atoms with E-state index in [-0.39, 0.29) is 6.10 Å². The number of furan rings is 1. The fourth-order valence-corrected chi connectivity index (χ4v) is 2.14. The molecule has 0 fully saturated rings. The lowest BCUT2D eigenvalue weighted by Crippen LogP contribution is -2.27. The molecule has 0 spiro atoms. The van der Waals surface area contributed by atoms with Crippen LogP contribution in [-0.2, 0) is 17.8 Å². The lowest BCUT2D eigenvalue weighted by molar-refractivity contribution is 0.0540. The number of nitrogens with zero attached hydrogens (tertiary/aromatic N) is 1. The molecule has 2 rings (SSSR count). The second kappa shape index (κ2) is 7.86. The van der Waals surface area contributed by atoms with E-state index < -0.39 is 0 Å². The van der Waals surface area contributed by atoms with Crippen molar-refractivity contribution >= 4 is 0 Å². The van der Waals surface area contributed by atoms with Gasteiger partial charge in [-0.1, -0.05) is 18.2 Å². The van der Waals surface area contributed by atoms with Crippen molar-refractivity contribution in [2.75, 3.05) is 13.2 Å². The predicted molar refractivity (Wildman–Crippen MR) is 82.0 cm³/mol. The highest BCUT2D eigenvalue weighted by molar-refractivity contribution is 5.31. The first kappa shape index (κ1) is 15.6. The van der Waals surface area contributed by atoms with Crippen molar-refractivity contribution in [3.8, 4) is 5.75 Å². The number of rotatable bonds is 8. The van der Waals surface area contributed by atoms with Crippen LogP contribution in [-0.4, -0.2) is 29.3 Å². The van der Waals surface area contributed by atoms with Gasteiger partial charge in [0.05, 0.1) is 25.5 Å². The molecular weight excluding hydrogens is 266 g/mol. The van der Waals surface area contributed by atoms with Gasteiger partial charge in [0, 0.05) is 18.7 Å². The van der Waals surface area contributed by atoms with Gasteiger partial charge in [0.2, 0.25) is 0 Å². The van der Waals surface area contributed by atoms with Gasteiger partial charge in [0.25, 0.3) is 0 Å². The van der Waals surface area contributed by atoms with E-state index in [1.165, 1.54) is 0 Å². The molecule has 0 aliphatic heterocycles. The zero-order chi connectivity index (χ0) is 15.1. The van der Waals surface area contributed by atoms with Gasteiger partial charge in [0.15, 0.2) is 0 Å². The zero-order valence-corrected chi connectivity index (χ0v) is 12.7. The van der Waals surface area contributed by atoms with Crippen molar-refractivity contribution in [2.24, 2.45) is 0 Å². The summed E-state index contributed by atoms with van der Waals surface area (Å²) in [6.45, 7) is 6.86. The Morgan fingerprint density at radius 1 is 1.14 bits per heavy atom. The quantitative estimate of drug-likeness (QED) is 0.809. The minimum atomic E-state index is 0.223. The van der Waals surface area contributed by atoms with Crippen LogP contribution in [0.5, 0.6) is 5.75 Å². The number of ether oxygens (including phenoxy) is 1. The maximum absolute atomic E-state index is 9.92. The van der Waals surface area contributed by atoms with E-state index in [4.69, 9.17) is 9.15 Å². The summed E-state index contributed by atoms with van der Waals surface area (Å²) in [5.74, 6) is 1.24. The highest BCUT2D eigenvalue weighted by Crippen LogP contribution is 2.19. The molecule has 4 heteroatoms. The van der Waals surface area contributed by atoms with Crippen LogP contribution in [0.2, 0.25) is 0 Å². The summed E-state index contributed by atoms with van der Waals surface area (Å²) < 4.78 is 11.0. The van der Waals surface area contributed by atoms with Crippen molar-refractivity contribution in [3.05, 3.63) is 54.0 Å². The van der Waals surface area contributed by atoms with E-state index in [0.717, 1.165) is 17.9 Å². The topological polar surface area (TPSA) is 45.8 Å². The summed E-state index contributed by atoms with van der Waals surface area (Å²) in [6, 6.07) is 11.3. The Morgan fingerprint density at radius 3 is 2.62 bits per heavy atom. The summed E-state index contributed by atoms with van der Waals surface area (Å²) in [4.78, 5) is 2.20. The van der Waals surface area contributed by atoms with Crippen LogP contribution in [0.15, 0.2) is 47.1 Å². The molecule has 0 radical (unpaired) electrons. The molecule has 0 bridgehead atoms. The van der Waals surface area contributed by atoms with E-state index in [2.05, 4.69) is 4.90 Å². The number of phenolic OH excluding ortho intramolecular Hbond substituents is 1. The summed E-state index contributed by atoms with van der Waals surface area (Å²) in [5, 5.41) is 9.92.